The molecule has 1 amide bonds. The number of methoxy groups -OCH3 is 1. The van der Waals surface area contributed by atoms with Crippen LogP contribution < -0.4 is 15.0 Å². The molecule has 0 saturated heterocycles. The molecule has 10 nitrogen and oxygen atoms in total. The summed E-state index contributed by atoms with van der Waals surface area (Å²) in [6.45, 7) is 3.47. The Morgan fingerprint density at radius 1 is 1.21 bits per heavy atom. The second-order valence-corrected chi connectivity index (χ2v) is 9.79. The van der Waals surface area contributed by atoms with E-state index >= 15 is 0 Å². The first-order valence-corrected chi connectivity index (χ1v) is 12.7. The van der Waals surface area contributed by atoms with Gasteiger partial charge < -0.3 is 9.15 Å². The molecule has 0 spiro atoms. The summed E-state index contributed by atoms with van der Waals surface area (Å²) < 4.78 is 38.1. The molecule has 200 valence electrons. The van der Waals surface area contributed by atoms with Crippen LogP contribution in [0.5, 0.6) is 5.75 Å². The highest BCUT2D eigenvalue weighted by atomic mass is 32.1. The lowest BCUT2D eigenvalue weighted by atomic mass is 10.00. The molecule has 0 aliphatic heterocycles. The van der Waals surface area contributed by atoms with Crippen molar-refractivity contribution in [1.29, 1.82) is 0 Å². The van der Waals surface area contributed by atoms with Crippen molar-refractivity contribution in [3.8, 4) is 28.7 Å². The summed E-state index contributed by atoms with van der Waals surface area (Å²) in [5.41, 5.74) is 0.871. The first-order chi connectivity index (χ1) is 18.7. The number of ether oxygens (including phenoxy) is 1. The maximum atomic E-state index is 13.6. The van der Waals surface area contributed by atoms with Gasteiger partial charge in [-0.2, -0.15) is 0 Å². The zero-order valence-electron chi connectivity index (χ0n) is 21.5. The fourth-order valence-electron chi connectivity index (χ4n) is 3.63. The minimum atomic E-state index is -2.83. The molecule has 0 radical (unpaired) electrons. The lowest BCUT2D eigenvalue weighted by Gasteiger charge is -2.18. The van der Waals surface area contributed by atoms with E-state index in [-0.39, 0.29) is 28.5 Å². The number of halogens is 2. The summed E-state index contributed by atoms with van der Waals surface area (Å²) in [4.78, 5) is 28.4. The lowest BCUT2D eigenvalue weighted by molar-refractivity contribution is 0.102. The molecule has 4 heterocycles. The normalized spacial score (nSPS) is 12.7. The molecule has 0 unspecified atom stereocenters. The van der Waals surface area contributed by atoms with Gasteiger partial charge in [-0.1, -0.05) is 28.3 Å². The van der Waals surface area contributed by atoms with E-state index in [4.69, 9.17) is 9.15 Å². The van der Waals surface area contributed by atoms with Gasteiger partial charge in [-0.3, -0.25) is 20.0 Å². The van der Waals surface area contributed by atoms with Gasteiger partial charge in [-0.05, 0) is 31.9 Å². The molecule has 4 aromatic rings. The molecular formula is C26H23F2N7O3S. The van der Waals surface area contributed by atoms with Crippen molar-refractivity contribution in [2.24, 2.45) is 5.92 Å². The third kappa shape index (κ3) is 5.70. The van der Waals surface area contributed by atoms with Crippen LogP contribution in [0.1, 0.15) is 51.8 Å². The van der Waals surface area contributed by atoms with Gasteiger partial charge in [0, 0.05) is 37.2 Å². The predicted molar refractivity (Wildman–Crippen MR) is 140 cm³/mol. The number of aryl methyl sites for hydroxylation is 2. The number of amides is 1. The highest BCUT2D eigenvalue weighted by Gasteiger charge is 2.24. The van der Waals surface area contributed by atoms with Gasteiger partial charge in [0.15, 0.2) is 5.13 Å². The van der Waals surface area contributed by atoms with Crippen LogP contribution in [0.15, 0.2) is 28.9 Å². The van der Waals surface area contributed by atoms with E-state index in [9.17, 15) is 13.6 Å². The van der Waals surface area contributed by atoms with Gasteiger partial charge in [0.25, 0.3) is 12.3 Å². The Hall–Kier alpha value is -4.44. The molecule has 1 saturated carbocycles. The van der Waals surface area contributed by atoms with Crippen molar-refractivity contribution in [2.45, 2.75) is 33.1 Å². The first-order valence-electron chi connectivity index (χ1n) is 11.9. The summed E-state index contributed by atoms with van der Waals surface area (Å²) in [6.07, 6.45) is 1.92. The molecule has 5 rings (SSSR count). The minimum absolute atomic E-state index is 0.108. The van der Waals surface area contributed by atoms with E-state index in [0.29, 0.717) is 28.5 Å². The largest absolute Gasteiger partial charge is 0.494 e. The monoisotopic (exact) mass is 551 g/mol. The Bertz CT molecular complexity index is 1600. The molecule has 0 aromatic carbocycles. The number of hydrogen-bond acceptors (Lipinski definition) is 10. The van der Waals surface area contributed by atoms with Crippen LogP contribution in [0.4, 0.5) is 25.7 Å². The number of anilines is 3. The van der Waals surface area contributed by atoms with Crippen LogP contribution in [-0.2, 0) is 0 Å². The number of hydrogen-bond donors (Lipinski definition) is 1. The van der Waals surface area contributed by atoms with E-state index < -0.39 is 18.0 Å². The van der Waals surface area contributed by atoms with E-state index in [1.807, 2.05) is 6.92 Å². The van der Waals surface area contributed by atoms with Gasteiger partial charge in [-0.15, -0.1) is 5.10 Å². The van der Waals surface area contributed by atoms with Crippen LogP contribution in [0.3, 0.4) is 0 Å². The number of carbonyl (C=O) groups excluding carboxylic acids is 1. The quantitative estimate of drug-likeness (QED) is 0.304. The summed E-state index contributed by atoms with van der Waals surface area (Å²) in [5, 5.41) is 11.0. The zero-order valence-corrected chi connectivity index (χ0v) is 22.3. The highest BCUT2D eigenvalue weighted by Crippen LogP contribution is 2.37. The summed E-state index contributed by atoms with van der Waals surface area (Å²) in [6, 6.07) is 2.91. The summed E-state index contributed by atoms with van der Waals surface area (Å²) in [7, 11) is 3.04. The smallest absolute Gasteiger partial charge is 0.323 e. The third-order valence-electron chi connectivity index (χ3n) is 5.89. The predicted octanol–water partition coefficient (Wildman–Crippen LogP) is 5.33. The van der Waals surface area contributed by atoms with E-state index in [1.54, 1.807) is 20.0 Å². The van der Waals surface area contributed by atoms with Crippen molar-refractivity contribution >= 4 is 34.2 Å². The molecule has 0 bridgehead atoms. The van der Waals surface area contributed by atoms with Gasteiger partial charge in [0.1, 0.15) is 22.1 Å². The highest BCUT2D eigenvalue weighted by molar-refractivity contribution is 7.16. The van der Waals surface area contributed by atoms with Gasteiger partial charge in [-0.25, -0.2) is 18.7 Å². The molecule has 13 heteroatoms. The molecule has 4 aromatic heterocycles. The first kappa shape index (κ1) is 26.2. The fraction of sp³-hybridized carbons (Fsp3) is 0.308. The molecule has 1 fully saturated rings. The van der Waals surface area contributed by atoms with Crippen molar-refractivity contribution in [2.75, 3.05) is 24.4 Å². The number of alkyl halides is 2. The number of nitrogens with zero attached hydrogens (tertiary/aromatic N) is 6. The Balaban J connectivity index is 1.56. The van der Waals surface area contributed by atoms with Crippen LogP contribution in [0.2, 0.25) is 0 Å². The number of aromatic nitrogens is 5. The number of carbonyl (C=O) groups is 1. The Morgan fingerprint density at radius 2 is 2.00 bits per heavy atom. The molecular weight excluding hydrogens is 528 g/mol. The topological polar surface area (TPSA) is 119 Å². The standard InChI is InChI=1S/C26H23F2N7O3S/c1-13-21(8-7-15-5-6-15)39-25(31-13)32-24(36)18-11-30-22(35(3)26-34-33-14(2)38-26)10-16(18)17-9-19(23(27)28)29-12-20(17)37-4/h9-12,15,23H,5-6H2,1-4H3,(H,31,32,36). The van der Waals surface area contributed by atoms with Crippen LogP contribution >= 0.6 is 11.3 Å². The number of pyridine rings is 2. The van der Waals surface area contributed by atoms with Gasteiger partial charge in [0.2, 0.25) is 5.89 Å². The third-order valence-corrected chi connectivity index (χ3v) is 6.87. The number of nitrogens with one attached hydrogen (secondary N) is 1. The second-order valence-electron chi connectivity index (χ2n) is 8.79. The number of thiazole rings is 1. The van der Waals surface area contributed by atoms with E-state index in [0.717, 1.165) is 17.7 Å². The molecule has 39 heavy (non-hydrogen) atoms. The van der Waals surface area contributed by atoms with Gasteiger partial charge in [0.05, 0.1) is 24.6 Å². The average Bonchev–Trinajstić information content (AvgIpc) is 3.56. The Labute approximate surface area is 226 Å². The van der Waals surface area contributed by atoms with Crippen molar-refractivity contribution < 1.29 is 22.7 Å². The van der Waals surface area contributed by atoms with Crippen LogP contribution in [0, 0.1) is 31.6 Å². The fourth-order valence-corrected chi connectivity index (χ4v) is 4.45. The maximum absolute atomic E-state index is 13.6. The molecule has 1 aliphatic rings. The van der Waals surface area contributed by atoms with Crippen molar-refractivity contribution in [3.63, 3.8) is 0 Å². The molecule has 0 atom stereocenters. The summed E-state index contributed by atoms with van der Waals surface area (Å²) >= 11 is 1.27. The second kappa shape index (κ2) is 10.7. The summed E-state index contributed by atoms with van der Waals surface area (Å²) in [5.74, 6) is 7.10. The van der Waals surface area contributed by atoms with Crippen molar-refractivity contribution in [3.05, 3.63) is 52.2 Å². The maximum Gasteiger partial charge on any atom is 0.323 e. The van der Waals surface area contributed by atoms with Gasteiger partial charge >= 0.3 is 6.01 Å². The Kier molecular flexibility index (Phi) is 7.21. The number of rotatable bonds is 7. The SMILES string of the molecule is COc1cnc(C(F)F)cc1-c1cc(N(C)c2nnc(C)o2)ncc1C(=O)Nc1nc(C)c(C#CC2CC2)s1. The van der Waals surface area contributed by atoms with Crippen LogP contribution in [0.25, 0.3) is 11.1 Å². The Morgan fingerprint density at radius 3 is 2.67 bits per heavy atom. The van der Waals surface area contributed by atoms with Crippen molar-refractivity contribution in [1.82, 2.24) is 25.1 Å². The van der Waals surface area contributed by atoms with E-state index in [2.05, 4.69) is 42.3 Å². The molecule has 1 aliphatic carbocycles. The van der Waals surface area contributed by atoms with E-state index in [1.165, 1.54) is 41.8 Å². The average molecular weight is 552 g/mol. The lowest BCUT2D eigenvalue weighted by Crippen LogP contribution is -2.16. The van der Waals surface area contributed by atoms with Crippen LogP contribution in [-0.4, -0.2) is 45.2 Å². The molecule has 1 N–H and O–H groups in total. The minimum Gasteiger partial charge on any atom is -0.494 e. The zero-order chi connectivity index (χ0) is 27.7.